The fourth-order valence-electron chi connectivity index (χ4n) is 1.34. The summed E-state index contributed by atoms with van der Waals surface area (Å²) < 4.78 is 0. The third-order valence-electron chi connectivity index (χ3n) is 2.25. The summed E-state index contributed by atoms with van der Waals surface area (Å²) in [6.45, 7) is 3.61. The molecule has 0 bridgehead atoms. The van der Waals surface area contributed by atoms with Crippen LogP contribution in [0.15, 0.2) is 6.20 Å². The molecule has 2 heterocycles. The Bertz CT molecular complexity index is 278. The second-order valence-corrected chi connectivity index (χ2v) is 4.73. The Kier molecular flexibility index (Phi) is 2.51. The van der Waals surface area contributed by atoms with Crippen LogP contribution in [-0.4, -0.2) is 37.1 Å². The van der Waals surface area contributed by atoms with E-state index < -0.39 is 0 Å². The van der Waals surface area contributed by atoms with Gasteiger partial charge in [-0.25, -0.2) is 4.98 Å². The molecule has 0 aliphatic carbocycles. The minimum atomic E-state index is 1.09. The van der Waals surface area contributed by atoms with Crippen LogP contribution >= 0.6 is 11.3 Å². The third kappa shape index (κ3) is 2.00. The highest BCUT2D eigenvalue weighted by atomic mass is 32.1. The van der Waals surface area contributed by atoms with Crippen molar-refractivity contribution in [3.63, 3.8) is 0 Å². The van der Waals surface area contributed by atoms with Crippen LogP contribution in [0.2, 0.25) is 0 Å². The van der Waals surface area contributed by atoms with Gasteiger partial charge in [0.15, 0.2) is 5.13 Å². The second kappa shape index (κ2) is 3.64. The van der Waals surface area contributed by atoms with Gasteiger partial charge in [-0.15, -0.1) is 11.3 Å². The number of hydrogen-bond acceptors (Lipinski definition) is 4. The quantitative estimate of drug-likeness (QED) is 0.730. The fourth-order valence-corrected chi connectivity index (χ4v) is 2.21. The molecule has 2 rings (SSSR count). The summed E-state index contributed by atoms with van der Waals surface area (Å²) in [6.07, 6.45) is 3.36. The summed E-state index contributed by atoms with van der Waals surface area (Å²) in [4.78, 5) is 10.2. The highest BCUT2D eigenvalue weighted by Gasteiger charge is 2.15. The van der Waals surface area contributed by atoms with Gasteiger partial charge in [0.1, 0.15) is 0 Å². The average molecular weight is 197 g/mol. The molecule has 1 aromatic heterocycles. The van der Waals surface area contributed by atoms with E-state index in [1.54, 1.807) is 11.3 Å². The second-order valence-electron chi connectivity index (χ2n) is 3.63. The molecule has 0 unspecified atom stereocenters. The number of aromatic nitrogens is 1. The molecule has 0 N–H and O–H groups in total. The first-order valence-electron chi connectivity index (χ1n) is 4.60. The van der Waals surface area contributed by atoms with Crippen molar-refractivity contribution in [1.82, 2.24) is 9.88 Å². The maximum absolute atomic E-state index is 4.34. The predicted octanol–water partition coefficient (Wildman–Crippen LogP) is 1.41. The van der Waals surface area contributed by atoms with Gasteiger partial charge in [-0.05, 0) is 19.5 Å². The molecule has 0 atom stereocenters. The molecule has 13 heavy (non-hydrogen) atoms. The number of nitrogens with zero attached hydrogens (tertiary/aromatic N) is 3. The van der Waals surface area contributed by atoms with Crippen molar-refractivity contribution in [2.45, 2.75) is 13.0 Å². The Morgan fingerprint density at radius 2 is 2.31 bits per heavy atom. The van der Waals surface area contributed by atoms with Crippen LogP contribution in [0.25, 0.3) is 0 Å². The molecule has 3 nitrogen and oxygen atoms in total. The van der Waals surface area contributed by atoms with Gasteiger partial charge >= 0.3 is 0 Å². The Labute approximate surface area is 83.0 Å². The van der Waals surface area contributed by atoms with E-state index in [0.29, 0.717) is 0 Å². The zero-order valence-corrected chi connectivity index (χ0v) is 8.97. The summed E-state index contributed by atoms with van der Waals surface area (Å²) in [5.41, 5.74) is 0. The lowest BCUT2D eigenvalue weighted by Crippen LogP contribution is -2.35. The van der Waals surface area contributed by atoms with Gasteiger partial charge in [0.25, 0.3) is 0 Å². The van der Waals surface area contributed by atoms with Gasteiger partial charge < -0.3 is 4.90 Å². The molecule has 1 aliphatic heterocycles. The van der Waals surface area contributed by atoms with Crippen LogP contribution in [0.3, 0.4) is 0 Å². The molecular formula is C9H15N3S. The van der Waals surface area contributed by atoms with E-state index in [9.17, 15) is 0 Å². The number of hydrogen-bond donors (Lipinski definition) is 0. The Balaban J connectivity index is 1.96. The van der Waals surface area contributed by atoms with Crippen molar-refractivity contribution in [1.29, 1.82) is 0 Å². The monoisotopic (exact) mass is 197 g/mol. The molecular weight excluding hydrogens is 182 g/mol. The molecule has 0 amide bonds. The molecule has 1 aliphatic rings. The van der Waals surface area contributed by atoms with Crippen LogP contribution < -0.4 is 4.90 Å². The lowest BCUT2D eigenvalue weighted by Gasteiger charge is -2.29. The molecule has 1 fully saturated rings. The standard InChI is InChI=1S/C9H15N3S/c1-11(2)9-10-6-8(13-9)7-12-4-3-5-12/h6H,3-5,7H2,1-2H3. The smallest absolute Gasteiger partial charge is 0.185 e. The topological polar surface area (TPSA) is 19.4 Å². The van der Waals surface area contributed by atoms with E-state index in [1.165, 1.54) is 24.4 Å². The number of rotatable bonds is 3. The van der Waals surface area contributed by atoms with Crippen molar-refractivity contribution in [2.24, 2.45) is 0 Å². The summed E-state index contributed by atoms with van der Waals surface area (Å²) in [7, 11) is 4.07. The summed E-state index contributed by atoms with van der Waals surface area (Å²) >= 11 is 1.79. The Morgan fingerprint density at radius 1 is 1.54 bits per heavy atom. The van der Waals surface area contributed by atoms with Crippen LogP contribution in [0.4, 0.5) is 5.13 Å². The highest BCUT2D eigenvalue weighted by Crippen LogP contribution is 2.23. The zero-order valence-electron chi connectivity index (χ0n) is 8.16. The van der Waals surface area contributed by atoms with Gasteiger partial charge in [0, 0.05) is 31.7 Å². The number of anilines is 1. The Hall–Kier alpha value is -0.610. The van der Waals surface area contributed by atoms with Crippen molar-refractivity contribution >= 4 is 16.5 Å². The van der Waals surface area contributed by atoms with Crippen LogP contribution in [0.1, 0.15) is 11.3 Å². The first kappa shape index (κ1) is 8.97. The maximum atomic E-state index is 4.34. The third-order valence-corrected chi connectivity index (χ3v) is 3.40. The minimum Gasteiger partial charge on any atom is -0.354 e. The van der Waals surface area contributed by atoms with Gasteiger partial charge in [-0.1, -0.05) is 0 Å². The van der Waals surface area contributed by atoms with Crippen LogP contribution in [0, 0.1) is 0 Å². The molecule has 72 valence electrons. The van der Waals surface area contributed by atoms with Gasteiger partial charge in [0.2, 0.25) is 0 Å². The summed E-state index contributed by atoms with van der Waals surface area (Å²) in [5.74, 6) is 0. The molecule has 0 aromatic carbocycles. The first-order valence-corrected chi connectivity index (χ1v) is 5.42. The fraction of sp³-hybridized carbons (Fsp3) is 0.667. The van der Waals surface area contributed by atoms with Gasteiger partial charge in [-0.2, -0.15) is 0 Å². The summed E-state index contributed by atoms with van der Waals surface area (Å²) in [6, 6.07) is 0. The van der Waals surface area contributed by atoms with Crippen LogP contribution in [-0.2, 0) is 6.54 Å². The summed E-state index contributed by atoms with van der Waals surface area (Å²) in [5, 5.41) is 1.11. The van der Waals surface area contributed by atoms with Gasteiger partial charge in [-0.3, -0.25) is 4.90 Å². The van der Waals surface area contributed by atoms with Crippen molar-refractivity contribution in [2.75, 3.05) is 32.1 Å². The lowest BCUT2D eigenvalue weighted by molar-refractivity contribution is 0.174. The predicted molar refractivity (Wildman–Crippen MR) is 56.3 cm³/mol. The number of likely N-dealkylation sites (tertiary alicyclic amines) is 1. The largest absolute Gasteiger partial charge is 0.354 e. The van der Waals surface area contributed by atoms with E-state index in [1.807, 2.05) is 20.3 Å². The molecule has 0 saturated carbocycles. The number of thiazole rings is 1. The molecule has 0 spiro atoms. The normalized spacial score (nSPS) is 17.1. The molecule has 1 saturated heterocycles. The molecule has 1 aromatic rings. The first-order chi connectivity index (χ1) is 6.25. The zero-order chi connectivity index (χ0) is 9.26. The minimum absolute atomic E-state index is 1.09. The molecule has 0 radical (unpaired) electrons. The molecule has 4 heteroatoms. The van der Waals surface area contributed by atoms with E-state index in [-0.39, 0.29) is 0 Å². The maximum Gasteiger partial charge on any atom is 0.185 e. The van der Waals surface area contributed by atoms with E-state index in [0.717, 1.165) is 11.7 Å². The van der Waals surface area contributed by atoms with Gasteiger partial charge in [0.05, 0.1) is 0 Å². The van der Waals surface area contributed by atoms with E-state index in [4.69, 9.17) is 0 Å². The van der Waals surface area contributed by atoms with Crippen LogP contribution in [0.5, 0.6) is 0 Å². The van der Waals surface area contributed by atoms with E-state index in [2.05, 4.69) is 14.8 Å². The van der Waals surface area contributed by atoms with Crippen molar-refractivity contribution < 1.29 is 0 Å². The average Bonchev–Trinajstić information content (AvgIpc) is 2.44. The Morgan fingerprint density at radius 3 is 2.77 bits per heavy atom. The van der Waals surface area contributed by atoms with E-state index >= 15 is 0 Å². The lowest BCUT2D eigenvalue weighted by atomic mass is 10.2. The van der Waals surface area contributed by atoms with Crippen molar-refractivity contribution in [3.05, 3.63) is 11.1 Å². The van der Waals surface area contributed by atoms with Crippen molar-refractivity contribution in [3.8, 4) is 0 Å². The SMILES string of the molecule is CN(C)c1ncc(CN2CCC2)s1. The highest BCUT2D eigenvalue weighted by molar-refractivity contribution is 7.15.